The van der Waals surface area contributed by atoms with Gasteiger partial charge in [-0.05, 0) is 31.0 Å². The van der Waals surface area contributed by atoms with Crippen LogP contribution in [0.1, 0.15) is 18.4 Å². The van der Waals surface area contributed by atoms with E-state index in [1.807, 2.05) is 24.3 Å². The predicted molar refractivity (Wildman–Crippen MR) is 103 cm³/mol. The molecule has 1 fully saturated rings. The minimum absolute atomic E-state index is 0.189. The summed E-state index contributed by atoms with van der Waals surface area (Å²) in [7, 11) is 1.58. The highest BCUT2D eigenvalue weighted by Gasteiger charge is 2.37. The molecule has 1 saturated heterocycles. The number of hydrogen-bond acceptors (Lipinski definition) is 4. The molecule has 2 aromatic rings. The van der Waals surface area contributed by atoms with Crippen molar-refractivity contribution in [1.82, 2.24) is 5.32 Å². The van der Waals surface area contributed by atoms with E-state index >= 15 is 0 Å². The summed E-state index contributed by atoms with van der Waals surface area (Å²) in [6.45, 7) is 1.22. The van der Waals surface area contributed by atoms with Gasteiger partial charge in [0.05, 0.1) is 12.8 Å². The van der Waals surface area contributed by atoms with E-state index in [-0.39, 0.29) is 12.2 Å². The van der Waals surface area contributed by atoms with E-state index in [4.69, 9.17) is 9.47 Å². The van der Waals surface area contributed by atoms with Gasteiger partial charge in [0.2, 0.25) is 0 Å². The maximum atomic E-state index is 13.7. The SMILES string of the molecule is COc1ccccc1C1(CNC(=O)C(=O)Nc2ccc(F)cc2F)CCOCC1. The van der Waals surface area contributed by atoms with Crippen LogP contribution in [0.5, 0.6) is 5.75 Å². The van der Waals surface area contributed by atoms with Gasteiger partial charge in [0.25, 0.3) is 0 Å². The van der Waals surface area contributed by atoms with Crippen molar-refractivity contribution in [2.24, 2.45) is 0 Å². The largest absolute Gasteiger partial charge is 0.496 e. The molecule has 0 saturated carbocycles. The lowest BCUT2D eigenvalue weighted by Gasteiger charge is -2.38. The molecule has 6 nitrogen and oxygen atoms in total. The third-order valence-electron chi connectivity index (χ3n) is 5.10. The van der Waals surface area contributed by atoms with E-state index in [9.17, 15) is 18.4 Å². The first-order valence-electron chi connectivity index (χ1n) is 9.21. The molecule has 8 heteroatoms. The van der Waals surface area contributed by atoms with Crippen molar-refractivity contribution in [2.45, 2.75) is 18.3 Å². The summed E-state index contributed by atoms with van der Waals surface area (Å²) in [4.78, 5) is 24.5. The Morgan fingerprint density at radius 1 is 1.10 bits per heavy atom. The highest BCUT2D eigenvalue weighted by atomic mass is 19.1. The molecule has 0 spiro atoms. The Kier molecular flexibility index (Phi) is 6.43. The number of anilines is 1. The smallest absolute Gasteiger partial charge is 0.313 e. The quantitative estimate of drug-likeness (QED) is 0.752. The second-order valence-corrected chi connectivity index (χ2v) is 6.85. The number of para-hydroxylation sites is 1. The topological polar surface area (TPSA) is 76.7 Å². The monoisotopic (exact) mass is 404 g/mol. The summed E-state index contributed by atoms with van der Waals surface area (Å²) >= 11 is 0. The van der Waals surface area contributed by atoms with Crippen molar-refractivity contribution >= 4 is 17.5 Å². The van der Waals surface area contributed by atoms with Crippen LogP contribution in [0.25, 0.3) is 0 Å². The Morgan fingerprint density at radius 2 is 1.83 bits per heavy atom. The van der Waals surface area contributed by atoms with Gasteiger partial charge in [-0.2, -0.15) is 0 Å². The van der Waals surface area contributed by atoms with Gasteiger partial charge in [0.1, 0.15) is 17.4 Å². The van der Waals surface area contributed by atoms with Crippen molar-refractivity contribution in [3.63, 3.8) is 0 Å². The molecule has 29 heavy (non-hydrogen) atoms. The number of carbonyl (C=O) groups excluding carboxylic acids is 2. The lowest BCUT2D eigenvalue weighted by atomic mass is 9.73. The summed E-state index contributed by atoms with van der Waals surface area (Å²) < 4.78 is 37.6. The van der Waals surface area contributed by atoms with Gasteiger partial charge >= 0.3 is 11.8 Å². The first-order chi connectivity index (χ1) is 13.9. The number of hydrogen-bond donors (Lipinski definition) is 2. The van der Waals surface area contributed by atoms with Crippen LogP contribution in [-0.4, -0.2) is 38.7 Å². The summed E-state index contributed by atoms with van der Waals surface area (Å²) in [5.41, 5.74) is 0.204. The molecular formula is C21H22F2N2O4. The Balaban J connectivity index is 1.72. The lowest BCUT2D eigenvalue weighted by Crippen LogP contribution is -2.47. The average Bonchev–Trinajstić information content (AvgIpc) is 2.74. The van der Waals surface area contributed by atoms with Gasteiger partial charge in [-0.15, -0.1) is 0 Å². The van der Waals surface area contributed by atoms with Gasteiger partial charge in [-0.1, -0.05) is 18.2 Å². The second kappa shape index (κ2) is 9.00. The van der Waals surface area contributed by atoms with Crippen LogP contribution < -0.4 is 15.4 Å². The van der Waals surface area contributed by atoms with Crippen LogP contribution in [-0.2, 0) is 19.7 Å². The van der Waals surface area contributed by atoms with Crippen LogP contribution >= 0.6 is 0 Å². The summed E-state index contributed by atoms with van der Waals surface area (Å²) in [6, 6.07) is 10.2. The van der Waals surface area contributed by atoms with Crippen LogP contribution in [0.3, 0.4) is 0 Å². The standard InChI is InChI=1S/C21H22F2N2O4/c1-28-18-5-3-2-4-15(18)21(8-10-29-11-9-21)13-24-19(26)20(27)25-17-7-6-14(22)12-16(17)23/h2-7,12H,8-11,13H2,1H3,(H,24,26)(H,25,27). The Bertz CT molecular complexity index is 898. The van der Waals surface area contributed by atoms with Crippen LogP contribution in [0, 0.1) is 11.6 Å². The molecule has 2 aromatic carbocycles. The van der Waals surface area contributed by atoms with E-state index in [2.05, 4.69) is 10.6 Å². The van der Waals surface area contributed by atoms with Crippen LogP contribution in [0.15, 0.2) is 42.5 Å². The zero-order valence-electron chi connectivity index (χ0n) is 16.0. The first-order valence-corrected chi connectivity index (χ1v) is 9.21. The van der Waals surface area contributed by atoms with Crippen molar-refractivity contribution in [3.8, 4) is 5.75 Å². The zero-order valence-corrected chi connectivity index (χ0v) is 16.0. The minimum Gasteiger partial charge on any atom is -0.496 e. The molecule has 0 aromatic heterocycles. The lowest BCUT2D eigenvalue weighted by molar-refractivity contribution is -0.136. The molecule has 154 valence electrons. The van der Waals surface area contributed by atoms with Crippen molar-refractivity contribution < 1.29 is 27.8 Å². The van der Waals surface area contributed by atoms with Gasteiger partial charge in [0, 0.05) is 36.8 Å². The van der Waals surface area contributed by atoms with Gasteiger partial charge in [0.15, 0.2) is 0 Å². The third-order valence-corrected chi connectivity index (χ3v) is 5.10. The number of ether oxygens (including phenoxy) is 2. The molecule has 3 rings (SSSR count). The molecule has 1 heterocycles. The van der Waals surface area contributed by atoms with Gasteiger partial charge in [-0.25, -0.2) is 8.78 Å². The second-order valence-electron chi connectivity index (χ2n) is 6.85. The average molecular weight is 404 g/mol. The molecule has 1 aliphatic heterocycles. The fraction of sp³-hybridized carbons (Fsp3) is 0.333. The Morgan fingerprint density at radius 3 is 2.52 bits per heavy atom. The first kappa shape index (κ1) is 20.7. The Labute approximate surface area is 167 Å². The van der Waals surface area contributed by atoms with Crippen LogP contribution in [0.4, 0.5) is 14.5 Å². The van der Waals surface area contributed by atoms with E-state index < -0.39 is 28.9 Å². The number of nitrogens with one attached hydrogen (secondary N) is 2. The summed E-state index contributed by atoms with van der Waals surface area (Å²) in [5, 5.41) is 4.79. The van der Waals surface area contributed by atoms with E-state index in [0.717, 1.165) is 17.7 Å². The summed E-state index contributed by atoms with van der Waals surface area (Å²) in [5.74, 6) is -2.97. The number of benzene rings is 2. The molecule has 0 atom stereocenters. The van der Waals surface area contributed by atoms with Crippen molar-refractivity contribution in [1.29, 1.82) is 0 Å². The molecule has 0 bridgehead atoms. The fourth-order valence-electron chi connectivity index (χ4n) is 3.49. The molecule has 0 radical (unpaired) electrons. The van der Waals surface area contributed by atoms with Crippen molar-refractivity contribution in [2.75, 3.05) is 32.2 Å². The maximum Gasteiger partial charge on any atom is 0.313 e. The number of methoxy groups -OCH3 is 1. The van der Waals surface area contributed by atoms with E-state index in [1.165, 1.54) is 0 Å². The van der Waals surface area contributed by atoms with E-state index in [1.54, 1.807) is 7.11 Å². The number of halogens is 2. The zero-order chi connectivity index (χ0) is 20.9. The predicted octanol–water partition coefficient (Wildman–Crippen LogP) is 2.78. The number of carbonyl (C=O) groups is 2. The van der Waals surface area contributed by atoms with Crippen molar-refractivity contribution in [3.05, 3.63) is 59.7 Å². The fourth-order valence-corrected chi connectivity index (χ4v) is 3.49. The number of rotatable bonds is 5. The molecule has 0 aliphatic carbocycles. The third kappa shape index (κ3) is 4.71. The highest BCUT2D eigenvalue weighted by Crippen LogP contribution is 2.39. The molecule has 2 N–H and O–H groups in total. The minimum atomic E-state index is -1.03. The number of amides is 2. The molecule has 1 aliphatic rings. The maximum absolute atomic E-state index is 13.7. The summed E-state index contributed by atoms with van der Waals surface area (Å²) in [6.07, 6.45) is 1.28. The van der Waals surface area contributed by atoms with E-state index in [0.29, 0.717) is 37.9 Å². The Hall–Kier alpha value is -3.00. The molecular weight excluding hydrogens is 382 g/mol. The normalized spacial score (nSPS) is 15.4. The van der Waals surface area contributed by atoms with Crippen LogP contribution in [0.2, 0.25) is 0 Å². The molecule has 0 unspecified atom stereocenters. The molecule has 2 amide bonds. The van der Waals surface area contributed by atoms with Gasteiger partial charge < -0.3 is 20.1 Å². The van der Waals surface area contributed by atoms with Gasteiger partial charge in [-0.3, -0.25) is 9.59 Å². The highest BCUT2D eigenvalue weighted by molar-refractivity contribution is 6.39.